The van der Waals surface area contributed by atoms with E-state index in [2.05, 4.69) is 10.3 Å². The molecule has 7 heteroatoms. The Hall–Kier alpha value is -1.53. The van der Waals surface area contributed by atoms with Crippen LogP contribution in [0.1, 0.15) is 40.4 Å². The van der Waals surface area contributed by atoms with Crippen molar-refractivity contribution >= 4 is 28.8 Å². The Balaban J connectivity index is 2.22. The average molecular weight is 331 g/mol. The van der Waals surface area contributed by atoms with Crippen molar-refractivity contribution in [2.24, 2.45) is 0 Å². The quantitative estimate of drug-likeness (QED) is 0.851. The van der Waals surface area contributed by atoms with E-state index < -0.39 is 17.5 Å². The minimum absolute atomic E-state index is 0.0951. The Labute approximate surface area is 130 Å². The Morgan fingerprint density at radius 3 is 2.67 bits per heavy atom. The Bertz CT molecular complexity index is 675. The number of carbonyl (C=O) groups excluding carboxylic acids is 1. The molecule has 0 bridgehead atoms. The summed E-state index contributed by atoms with van der Waals surface area (Å²) in [5.41, 5.74) is 0.774. The third-order valence-electron chi connectivity index (χ3n) is 2.90. The molecule has 0 aliphatic heterocycles. The van der Waals surface area contributed by atoms with Crippen LogP contribution in [0, 0.1) is 18.6 Å². The molecule has 1 heterocycles. The number of amides is 1. The minimum atomic E-state index is -1.11. The van der Waals surface area contributed by atoms with Crippen molar-refractivity contribution in [2.75, 3.05) is 0 Å². The van der Waals surface area contributed by atoms with Crippen LogP contribution >= 0.6 is 22.9 Å². The second-order valence-electron chi connectivity index (χ2n) is 4.51. The summed E-state index contributed by atoms with van der Waals surface area (Å²) in [5.74, 6) is -2.75. The van der Waals surface area contributed by atoms with Gasteiger partial charge in [0.2, 0.25) is 0 Å². The third kappa shape index (κ3) is 3.57. The Morgan fingerprint density at radius 2 is 2.10 bits per heavy atom. The fourth-order valence-corrected chi connectivity index (χ4v) is 2.97. The van der Waals surface area contributed by atoms with Crippen LogP contribution in [0.4, 0.5) is 8.78 Å². The summed E-state index contributed by atoms with van der Waals surface area (Å²) in [6, 6.07) is 1.30. The molecule has 1 atom stereocenters. The fourth-order valence-electron chi connectivity index (χ4n) is 1.80. The summed E-state index contributed by atoms with van der Waals surface area (Å²) >= 11 is 7.23. The van der Waals surface area contributed by atoms with E-state index >= 15 is 0 Å². The molecule has 2 rings (SSSR count). The van der Waals surface area contributed by atoms with Gasteiger partial charge in [-0.05, 0) is 25.5 Å². The van der Waals surface area contributed by atoms with Gasteiger partial charge >= 0.3 is 0 Å². The molecule has 3 nitrogen and oxygen atoms in total. The van der Waals surface area contributed by atoms with Crippen LogP contribution in [-0.4, -0.2) is 10.9 Å². The highest BCUT2D eigenvalue weighted by Gasteiger charge is 2.20. The molecule has 0 spiro atoms. The van der Waals surface area contributed by atoms with E-state index in [0.29, 0.717) is 6.42 Å². The molecule has 1 N–H and O–H groups in total. The van der Waals surface area contributed by atoms with Crippen molar-refractivity contribution in [3.05, 3.63) is 50.4 Å². The smallest absolute Gasteiger partial charge is 0.253 e. The number of benzene rings is 1. The van der Waals surface area contributed by atoms with Crippen molar-refractivity contribution < 1.29 is 13.6 Å². The summed E-state index contributed by atoms with van der Waals surface area (Å²) in [6.07, 6.45) is 0.625. The van der Waals surface area contributed by atoms with Crippen molar-refractivity contribution in [2.45, 2.75) is 26.3 Å². The predicted octanol–water partition coefficient (Wildman–Crippen LogP) is 4.26. The van der Waals surface area contributed by atoms with Gasteiger partial charge in [-0.25, -0.2) is 13.8 Å². The van der Waals surface area contributed by atoms with Gasteiger partial charge in [0.05, 0.1) is 16.6 Å². The molecule has 1 amide bonds. The van der Waals surface area contributed by atoms with Crippen LogP contribution < -0.4 is 5.32 Å². The van der Waals surface area contributed by atoms with E-state index in [1.807, 2.05) is 19.2 Å². The first kappa shape index (κ1) is 15.9. The molecule has 0 aliphatic carbocycles. The highest BCUT2D eigenvalue weighted by atomic mass is 35.5. The summed E-state index contributed by atoms with van der Waals surface area (Å²) in [7, 11) is 0. The molecular weight excluding hydrogens is 318 g/mol. The molecule has 0 radical (unpaired) electrons. The molecule has 0 aliphatic rings. The lowest BCUT2D eigenvalue weighted by molar-refractivity contribution is 0.0935. The van der Waals surface area contributed by atoms with Crippen molar-refractivity contribution in [3.8, 4) is 0 Å². The molecule has 0 saturated heterocycles. The lowest BCUT2D eigenvalue weighted by Gasteiger charge is -2.15. The Morgan fingerprint density at radius 1 is 1.43 bits per heavy atom. The highest BCUT2D eigenvalue weighted by Crippen LogP contribution is 2.24. The van der Waals surface area contributed by atoms with E-state index in [-0.39, 0.29) is 16.6 Å². The fraction of sp³-hybridized carbons (Fsp3) is 0.286. The van der Waals surface area contributed by atoms with Crippen LogP contribution in [0.2, 0.25) is 5.02 Å². The highest BCUT2D eigenvalue weighted by molar-refractivity contribution is 7.09. The van der Waals surface area contributed by atoms with Gasteiger partial charge in [-0.2, -0.15) is 0 Å². The van der Waals surface area contributed by atoms with Crippen LogP contribution in [0.3, 0.4) is 0 Å². The minimum Gasteiger partial charge on any atom is -0.343 e. The van der Waals surface area contributed by atoms with Crippen molar-refractivity contribution in [1.82, 2.24) is 10.3 Å². The number of carbonyl (C=O) groups is 1. The summed E-state index contributed by atoms with van der Waals surface area (Å²) in [6.45, 7) is 3.76. The number of aromatic nitrogens is 1. The molecule has 21 heavy (non-hydrogen) atoms. The number of nitrogens with one attached hydrogen (secondary N) is 1. The van der Waals surface area contributed by atoms with Crippen molar-refractivity contribution in [1.29, 1.82) is 0 Å². The van der Waals surface area contributed by atoms with E-state index in [0.717, 1.165) is 22.8 Å². The summed E-state index contributed by atoms with van der Waals surface area (Å²) in [5, 5.41) is 5.26. The zero-order valence-corrected chi connectivity index (χ0v) is 13.0. The Kier molecular flexibility index (Phi) is 4.90. The van der Waals surface area contributed by atoms with Crippen LogP contribution in [-0.2, 0) is 0 Å². The second kappa shape index (κ2) is 6.49. The monoisotopic (exact) mass is 330 g/mol. The zero-order valence-electron chi connectivity index (χ0n) is 11.4. The topological polar surface area (TPSA) is 42.0 Å². The third-order valence-corrected chi connectivity index (χ3v) is 4.29. The molecule has 0 unspecified atom stereocenters. The van der Waals surface area contributed by atoms with Crippen LogP contribution in [0.15, 0.2) is 17.5 Å². The van der Waals surface area contributed by atoms with Crippen LogP contribution in [0.25, 0.3) is 0 Å². The maximum absolute atomic E-state index is 13.2. The number of rotatable bonds is 4. The number of aryl methyl sites for hydroxylation is 1. The zero-order chi connectivity index (χ0) is 15.6. The summed E-state index contributed by atoms with van der Waals surface area (Å²) in [4.78, 5) is 16.5. The van der Waals surface area contributed by atoms with Crippen molar-refractivity contribution in [3.63, 3.8) is 0 Å². The van der Waals surface area contributed by atoms with Gasteiger partial charge in [0.15, 0.2) is 11.6 Å². The van der Waals surface area contributed by atoms with Crippen LogP contribution in [0.5, 0.6) is 0 Å². The van der Waals surface area contributed by atoms with E-state index in [4.69, 9.17) is 11.6 Å². The molecule has 1 aromatic heterocycles. The van der Waals surface area contributed by atoms with Gasteiger partial charge in [0.25, 0.3) is 5.91 Å². The molecule has 1 aromatic carbocycles. The molecule has 0 saturated carbocycles. The lowest BCUT2D eigenvalue weighted by Crippen LogP contribution is -2.28. The molecular formula is C14H13ClF2N2OS. The first-order chi connectivity index (χ1) is 9.92. The predicted molar refractivity (Wildman–Crippen MR) is 78.7 cm³/mol. The first-order valence-corrected chi connectivity index (χ1v) is 7.55. The van der Waals surface area contributed by atoms with Gasteiger partial charge in [-0.3, -0.25) is 4.79 Å². The van der Waals surface area contributed by atoms with Gasteiger partial charge in [-0.1, -0.05) is 18.5 Å². The van der Waals surface area contributed by atoms with E-state index in [1.165, 1.54) is 11.3 Å². The van der Waals surface area contributed by atoms with Gasteiger partial charge in [0.1, 0.15) is 5.01 Å². The largest absolute Gasteiger partial charge is 0.343 e. The molecule has 112 valence electrons. The number of hydrogen-bond acceptors (Lipinski definition) is 3. The molecule has 0 fully saturated rings. The first-order valence-electron chi connectivity index (χ1n) is 6.29. The standard InChI is InChI=1S/C14H13ClF2N2OS/c1-3-12(14-18-7(2)6-21-14)19-13(20)8-4-10(16)11(17)5-9(8)15/h4-6,12H,3H2,1-2H3,(H,19,20)/t12-/m0/s1. The normalized spacial score (nSPS) is 12.2. The number of thiazole rings is 1. The maximum Gasteiger partial charge on any atom is 0.253 e. The van der Waals surface area contributed by atoms with E-state index in [9.17, 15) is 13.6 Å². The van der Waals surface area contributed by atoms with E-state index in [1.54, 1.807) is 0 Å². The number of halogens is 3. The average Bonchev–Trinajstić information content (AvgIpc) is 2.86. The van der Waals surface area contributed by atoms with Gasteiger partial charge in [0, 0.05) is 11.1 Å². The van der Waals surface area contributed by atoms with Gasteiger partial charge < -0.3 is 5.32 Å². The summed E-state index contributed by atoms with van der Waals surface area (Å²) < 4.78 is 26.3. The molecule has 2 aromatic rings. The SMILES string of the molecule is CC[C@H](NC(=O)c1cc(F)c(F)cc1Cl)c1nc(C)cs1. The second-order valence-corrected chi connectivity index (χ2v) is 5.80. The number of hydrogen-bond donors (Lipinski definition) is 1. The number of nitrogens with zero attached hydrogens (tertiary/aromatic N) is 1. The maximum atomic E-state index is 13.2. The van der Waals surface area contributed by atoms with Gasteiger partial charge in [-0.15, -0.1) is 11.3 Å². The lowest BCUT2D eigenvalue weighted by atomic mass is 10.1.